The van der Waals surface area contributed by atoms with E-state index < -0.39 is 17.9 Å². The Morgan fingerprint density at radius 2 is 1.64 bits per heavy atom. The number of carbonyl (C=O) groups is 3. The number of hydrogen-bond acceptors (Lipinski definition) is 6. The Balaban J connectivity index is 3.05. The van der Waals surface area contributed by atoms with Crippen molar-refractivity contribution in [1.29, 1.82) is 0 Å². The van der Waals surface area contributed by atoms with Crippen LogP contribution in [0.4, 0.5) is 5.69 Å². The second-order valence-electron chi connectivity index (χ2n) is 3.99. The van der Waals surface area contributed by atoms with Gasteiger partial charge in [-0.05, 0) is 26.0 Å². The quantitative estimate of drug-likeness (QED) is 0.343. The van der Waals surface area contributed by atoms with Crippen LogP contribution in [0.1, 0.15) is 24.2 Å². The summed E-state index contributed by atoms with van der Waals surface area (Å²) >= 11 is 0. The summed E-state index contributed by atoms with van der Waals surface area (Å²) in [6.07, 6.45) is 1.08. The van der Waals surface area contributed by atoms with Crippen LogP contribution in [-0.2, 0) is 19.1 Å². The van der Waals surface area contributed by atoms with Crippen molar-refractivity contribution in [3.63, 3.8) is 0 Å². The minimum atomic E-state index is -1.13. The van der Waals surface area contributed by atoms with Crippen LogP contribution in [0.25, 0.3) is 0 Å². The maximum Gasteiger partial charge on any atom is 0.347 e. The predicted molar refractivity (Wildman–Crippen MR) is 78.4 cm³/mol. The number of hydrogen-bond donors (Lipinski definition) is 2. The van der Waals surface area contributed by atoms with Gasteiger partial charge in [0.15, 0.2) is 5.57 Å². The van der Waals surface area contributed by atoms with Crippen LogP contribution in [0.2, 0.25) is 0 Å². The number of carboxylic acids is 1. The fourth-order valence-corrected chi connectivity index (χ4v) is 1.56. The number of nitrogens with one attached hydrogen (secondary N) is 1. The maximum absolute atomic E-state index is 11.8. The van der Waals surface area contributed by atoms with Gasteiger partial charge in [0.25, 0.3) is 0 Å². The lowest BCUT2D eigenvalue weighted by atomic mass is 10.2. The molecule has 1 rings (SSSR count). The Morgan fingerprint density at radius 1 is 1.09 bits per heavy atom. The van der Waals surface area contributed by atoms with Crippen molar-refractivity contribution in [2.75, 3.05) is 18.5 Å². The Morgan fingerprint density at radius 3 is 2.14 bits per heavy atom. The molecular weight excluding hydrogens is 290 g/mol. The van der Waals surface area contributed by atoms with E-state index in [1.165, 1.54) is 12.1 Å². The fraction of sp³-hybridized carbons (Fsp3) is 0.267. The van der Waals surface area contributed by atoms with Gasteiger partial charge in [0, 0.05) is 6.20 Å². The number of ether oxygens (including phenoxy) is 2. The highest BCUT2D eigenvalue weighted by atomic mass is 16.6. The Bertz CT molecular complexity index is 573. The molecule has 7 nitrogen and oxygen atoms in total. The van der Waals surface area contributed by atoms with Crippen LogP contribution in [0.15, 0.2) is 36.0 Å². The number of carboxylic acid groups (broad SMARTS) is 1. The third kappa shape index (κ3) is 4.62. The van der Waals surface area contributed by atoms with E-state index in [9.17, 15) is 14.4 Å². The van der Waals surface area contributed by atoms with Crippen molar-refractivity contribution in [2.24, 2.45) is 0 Å². The van der Waals surface area contributed by atoms with E-state index in [0.29, 0.717) is 0 Å². The van der Waals surface area contributed by atoms with Gasteiger partial charge >= 0.3 is 17.9 Å². The highest BCUT2D eigenvalue weighted by molar-refractivity contribution is 6.14. The number of rotatable bonds is 7. The molecule has 0 saturated carbocycles. The number of para-hydroxylation sites is 1. The largest absolute Gasteiger partial charge is 0.478 e. The lowest BCUT2D eigenvalue weighted by molar-refractivity contribution is -0.146. The molecule has 0 saturated heterocycles. The summed E-state index contributed by atoms with van der Waals surface area (Å²) in [5.41, 5.74) is -0.101. The molecule has 0 radical (unpaired) electrons. The summed E-state index contributed by atoms with van der Waals surface area (Å²) in [5, 5.41) is 11.7. The molecule has 1 aromatic carbocycles. The first-order chi connectivity index (χ1) is 10.5. The summed E-state index contributed by atoms with van der Waals surface area (Å²) in [5.74, 6) is -2.83. The SMILES string of the molecule is CCOC(=O)C(=CNc1ccccc1C(=O)O)C(=O)OCC. The van der Waals surface area contributed by atoms with E-state index in [1.807, 2.05) is 0 Å². The highest BCUT2D eigenvalue weighted by Gasteiger charge is 2.21. The lowest BCUT2D eigenvalue weighted by Crippen LogP contribution is -2.19. The van der Waals surface area contributed by atoms with E-state index in [-0.39, 0.29) is 30.0 Å². The van der Waals surface area contributed by atoms with Crippen LogP contribution in [0.3, 0.4) is 0 Å². The number of aromatic carboxylic acids is 1. The van der Waals surface area contributed by atoms with Gasteiger partial charge in [0.1, 0.15) is 0 Å². The standard InChI is InChI=1S/C15H17NO6/c1-3-21-14(19)11(15(20)22-4-2)9-16-12-8-6-5-7-10(12)13(17)18/h5-9,16H,3-4H2,1-2H3,(H,17,18). The smallest absolute Gasteiger partial charge is 0.347 e. The molecule has 0 aliphatic heterocycles. The zero-order valence-corrected chi connectivity index (χ0v) is 12.3. The second-order valence-corrected chi connectivity index (χ2v) is 3.99. The fourth-order valence-electron chi connectivity index (χ4n) is 1.56. The number of anilines is 1. The van der Waals surface area contributed by atoms with Gasteiger partial charge in [-0.25, -0.2) is 14.4 Å². The first-order valence-electron chi connectivity index (χ1n) is 6.64. The number of benzene rings is 1. The van der Waals surface area contributed by atoms with Gasteiger partial charge in [0.2, 0.25) is 0 Å². The first-order valence-corrected chi connectivity index (χ1v) is 6.64. The molecule has 7 heteroatoms. The average molecular weight is 307 g/mol. The van der Waals surface area contributed by atoms with Crippen molar-refractivity contribution in [2.45, 2.75) is 13.8 Å². The highest BCUT2D eigenvalue weighted by Crippen LogP contribution is 2.15. The Kier molecular flexibility index (Phi) is 6.62. The molecule has 0 heterocycles. The average Bonchev–Trinajstić information content (AvgIpc) is 2.48. The predicted octanol–water partition coefficient (Wildman–Crippen LogP) is 1.81. The van der Waals surface area contributed by atoms with Gasteiger partial charge in [0.05, 0.1) is 24.5 Å². The second kappa shape index (κ2) is 8.46. The minimum absolute atomic E-state index is 0.00539. The summed E-state index contributed by atoms with van der Waals surface area (Å²) in [6, 6.07) is 6.09. The molecule has 0 unspecified atom stereocenters. The van der Waals surface area contributed by atoms with Gasteiger partial charge < -0.3 is 19.9 Å². The van der Waals surface area contributed by atoms with Gasteiger partial charge in [-0.2, -0.15) is 0 Å². The van der Waals surface area contributed by atoms with E-state index in [1.54, 1.807) is 26.0 Å². The van der Waals surface area contributed by atoms with Gasteiger partial charge in [-0.1, -0.05) is 12.1 Å². The third-order valence-electron chi connectivity index (χ3n) is 2.52. The molecule has 0 aromatic heterocycles. The first kappa shape index (κ1) is 17.2. The Hall–Kier alpha value is -2.83. The molecular formula is C15H17NO6. The van der Waals surface area contributed by atoms with E-state index in [2.05, 4.69) is 5.32 Å². The molecule has 0 atom stereocenters. The van der Waals surface area contributed by atoms with Crippen LogP contribution in [0, 0.1) is 0 Å². The van der Waals surface area contributed by atoms with Gasteiger partial charge in [-0.15, -0.1) is 0 Å². The number of carbonyl (C=O) groups excluding carboxylic acids is 2. The monoisotopic (exact) mass is 307 g/mol. The molecule has 0 aliphatic carbocycles. The topological polar surface area (TPSA) is 102 Å². The van der Waals surface area contributed by atoms with E-state index in [0.717, 1.165) is 6.20 Å². The van der Waals surface area contributed by atoms with Crippen LogP contribution in [-0.4, -0.2) is 36.2 Å². The molecule has 118 valence electrons. The minimum Gasteiger partial charge on any atom is -0.478 e. The van der Waals surface area contributed by atoms with Crippen molar-refractivity contribution in [3.05, 3.63) is 41.6 Å². The maximum atomic E-state index is 11.8. The van der Waals surface area contributed by atoms with E-state index >= 15 is 0 Å². The van der Waals surface area contributed by atoms with Crippen molar-refractivity contribution in [1.82, 2.24) is 0 Å². The molecule has 2 N–H and O–H groups in total. The molecule has 0 bridgehead atoms. The molecule has 0 amide bonds. The molecule has 0 spiro atoms. The molecule has 1 aromatic rings. The van der Waals surface area contributed by atoms with Crippen LogP contribution in [0.5, 0.6) is 0 Å². The summed E-state index contributed by atoms with van der Waals surface area (Å²) in [7, 11) is 0. The molecule has 0 fully saturated rings. The van der Waals surface area contributed by atoms with E-state index in [4.69, 9.17) is 14.6 Å². The Labute approximate surface area is 127 Å². The van der Waals surface area contributed by atoms with Crippen molar-refractivity contribution >= 4 is 23.6 Å². The zero-order chi connectivity index (χ0) is 16.5. The molecule has 22 heavy (non-hydrogen) atoms. The normalized spacial score (nSPS) is 9.55. The summed E-state index contributed by atoms with van der Waals surface area (Å²) in [6.45, 7) is 3.41. The van der Waals surface area contributed by atoms with Crippen LogP contribution >= 0.6 is 0 Å². The summed E-state index contributed by atoms with van der Waals surface area (Å²) < 4.78 is 9.55. The van der Waals surface area contributed by atoms with Crippen molar-refractivity contribution < 1.29 is 29.0 Å². The van der Waals surface area contributed by atoms with Crippen molar-refractivity contribution in [3.8, 4) is 0 Å². The van der Waals surface area contributed by atoms with Gasteiger partial charge in [-0.3, -0.25) is 0 Å². The zero-order valence-electron chi connectivity index (χ0n) is 12.3. The third-order valence-corrected chi connectivity index (χ3v) is 2.52. The summed E-state index contributed by atoms with van der Waals surface area (Å²) in [4.78, 5) is 34.6. The molecule has 0 aliphatic rings. The number of esters is 2. The van der Waals surface area contributed by atoms with Crippen LogP contribution < -0.4 is 5.32 Å². The lowest BCUT2D eigenvalue weighted by Gasteiger charge is -2.09.